The molecular formula is C24H24N4O2S. The lowest BCUT2D eigenvalue weighted by molar-refractivity contribution is -0.115. The minimum atomic E-state index is -0.361. The second-order valence-electron chi connectivity index (χ2n) is 7.42. The Morgan fingerprint density at radius 3 is 2.71 bits per heavy atom. The molecule has 0 unspecified atom stereocenters. The number of hydrogen-bond acceptors (Lipinski definition) is 6. The molecule has 31 heavy (non-hydrogen) atoms. The summed E-state index contributed by atoms with van der Waals surface area (Å²) in [5.74, 6) is -0.361. The maximum Gasteiger partial charge on any atom is 0.290 e. The molecule has 0 aliphatic carbocycles. The molecule has 6 nitrogen and oxygen atoms in total. The van der Waals surface area contributed by atoms with Gasteiger partial charge in [0, 0.05) is 17.5 Å². The van der Waals surface area contributed by atoms with Crippen LogP contribution in [0, 0.1) is 0 Å². The van der Waals surface area contributed by atoms with Crippen LogP contribution in [0.3, 0.4) is 0 Å². The lowest BCUT2D eigenvalue weighted by Crippen LogP contribution is -2.23. The summed E-state index contributed by atoms with van der Waals surface area (Å²) in [5.41, 5.74) is 4.79. The molecule has 7 heteroatoms. The highest BCUT2D eigenvalue weighted by Crippen LogP contribution is 2.30. The standard InChI is InChI=1S/C24H24N4O2S/c1-3-10-28(4-2)14-17-6-5-7-18(11-17)22-19-12-16(8-9-20(19)25-15-26-22)13-21-23(29)27-24(30)31-21/h5-9,11-13,15H,3-4,10,14H2,1-2H3,(H,27,29,30). The minimum Gasteiger partial charge on any atom is -0.299 e. The fraction of sp³-hybridized carbons (Fsp3) is 0.250. The van der Waals surface area contributed by atoms with E-state index in [4.69, 9.17) is 0 Å². The van der Waals surface area contributed by atoms with E-state index in [1.807, 2.05) is 18.2 Å². The lowest BCUT2D eigenvalue weighted by atomic mass is 10.0. The Hall–Kier alpha value is -3.03. The Morgan fingerprint density at radius 1 is 1.10 bits per heavy atom. The van der Waals surface area contributed by atoms with E-state index in [-0.39, 0.29) is 11.1 Å². The Balaban J connectivity index is 1.71. The largest absolute Gasteiger partial charge is 0.299 e. The normalized spacial score (nSPS) is 15.3. The third kappa shape index (κ3) is 4.84. The van der Waals surface area contributed by atoms with Gasteiger partial charge in [-0.2, -0.15) is 0 Å². The third-order valence-corrected chi connectivity index (χ3v) is 6.00. The van der Waals surface area contributed by atoms with Gasteiger partial charge in [-0.15, -0.1) is 0 Å². The Kier molecular flexibility index (Phi) is 6.44. The van der Waals surface area contributed by atoms with Gasteiger partial charge in [-0.3, -0.25) is 19.8 Å². The topological polar surface area (TPSA) is 75.2 Å². The number of imide groups is 1. The molecule has 2 heterocycles. The van der Waals surface area contributed by atoms with Crippen molar-refractivity contribution in [2.24, 2.45) is 0 Å². The van der Waals surface area contributed by atoms with Gasteiger partial charge in [-0.05, 0) is 66.7 Å². The lowest BCUT2D eigenvalue weighted by Gasteiger charge is -2.20. The zero-order chi connectivity index (χ0) is 21.8. The SMILES string of the molecule is CCCN(CC)Cc1cccc(-c2ncnc3ccc(C=C4SC(=O)NC4=O)cc23)c1. The monoisotopic (exact) mass is 432 g/mol. The van der Waals surface area contributed by atoms with Crippen molar-refractivity contribution in [3.63, 3.8) is 0 Å². The first-order valence-electron chi connectivity index (χ1n) is 10.4. The maximum absolute atomic E-state index is 11.9. The smallest absolute Gasteiger partial charge is 0.290 e. The molecule has 0 atom stereocenters. The van der Waals surface area contributed by atoms with Crippen molar-refractivity contribution in [2.45, 2.75) is 26.8 Å². The number of amides is 2. The second-order valence-corrected chi connectivity index (χ2v) is 8.43. The molecule has 1 aliphatic heterocycles. The van der Waals surface area contributed by atoms with E-state index in [1.165, 1.54) is 5.56 Å². The first-order chi connectivity index (χ1) is 15.1. The zero-order valence-electron chi connectivity index (χ0n) is 17.6. The van der Waals surface area contributed by atoms with Crippen molar-refractivity contribution in [1.29, 1.82) is 0 Å². The van der Waals surface area contributed by atoms with Crippen LogP contribution < -0.4 is 5.32 Å². The summed E-state index contributed by atoms with van der Waals surface area (Å²) in [4.78, 5) is 35.1. The van der Waals surface area contributed by atoms with Crippen LogP contribution in [0.25, 0.3) is 28.2 Å². The van der Waals surface area contributed by atoms with E-state index in [0.717, 1.165) is 65.5 Å². The average molecular weight is 433 g/mol. The summed E-state index contributed by atoms with van der Waals surface area (Å²) in [6, 6.07) is 14.2. The number of carbonyl (C=O) groups excluding carboxylic acids is 2. The van der Waals surface area contributed by atoms with Crippen LogP contribution in [0.15, 0.2) is 53.7 Å². The fourth-order valence-electron chi connectivity index (χ4n) is 3.71. The summed E-state index contributed by atoms with van der Waals surface area (Å²) >= 11 is 0.914. The van der Waals surface area contributed by atoms with Crippen molar-refractivity contribution < 1.29 is 9.59 Å². The summed E-state index contributed by atoms with van der Waals surface area (Å²) in [6.07, 6.45) is 4.43. The van der Waals surface area contributed by atoms with Gasteiger partial charge in [0.15, 0.2) is 0 Å². The van der Waals surface area contributed by atoms with Gasteiger partial charge in [0.2, 0.25) is 0 Å². The molecule has 158 valence electrons. The van der Waals surface area contributed by atoms with Crippen molar-refractivity contribution >= 4 is 39.9 Å². The quantitative estimate of drug-likeness (QED) is 0.538. The first-order valence-corrected chi connectivity index (χ1v) is 11.2. The number of rotatable bonds is 7. The highest BCUT2D eigenvalue weighted by molar-refractivity contribution is 8.18. The van der Waals surface area contributed by atoms with E-state index in [0.29, 0.717) is 4.91 Å². The zero-order valence-corrected chi connectivity index (χ0v) is 18.4. The molecule has 0 radical (unpaired) electrons. The number of fused-ring (bicyclic) bond motifs is 1. The summed E-state index contributed by atoms with van der Waals surface area (Å²) < 4.78 is 0. The van der Waals surface area contributed by atoms with Crippen molar-refractivity contribution in [3.8, 4) is 11.3 Å². The maximum atomic E-state index is 11.9. The van der Waals surface area contributed by atoms with Gasteiger partial charge in [0.25, 0.3) is 11.1 Å². The predicted octanol–water partition coefficient (Wildman–Crippen LogP) is 4.85. The highest BCUT2D eigenvalue weighted by Gasteiger charge is 2.25. The molecule has 1 saturated heterocycles. The van der Waals surface area contributed by atoms with Crippen LogP contribution in [-0.2, 0) is 11.3 Å². The molecule has 2 amide bonds. The summed E-state index contributed by atoms with van der Waals surface area (Å²) in [6.45, 7) is 7.37. The number of hydrogen-bond donors (Lipinski definition) is 1. The second kappa shape index (κ2) is 9.41. The molecule has 4 rings (SSSR count). The molecule has 3 aromatic rings. The molecule has 1 aromatic heterocycles. The molecule has 1 N–H and O–H groups in total. The number of thioether (sulfide) groups is 1. The van der Waals surface area contributed by atoms with Crippen molar-refractivity contribution in [2.75, 3.05) is 13.1 Å². The van der Waals surface area contributed by atoms with Gasteiger partial charge >= 0.3 is 0 Å². The molecule has 1 fully saturated rings. The Bertz CT molecular complexity index is 1180. The van der Waals surface area contributed by atoms with Crippen LogP contribution in [0.1, 0.15) is 31.4 Å². The van der Waals surface area contributed by atoms with E-state index >= 15 is 0 Å². The van der Waals surface area contributed by atoms with Crippen LogP contribution in [0.5, 0.6) is 0 Å². The molecule has 0 bridgehead atoms. The van der Waals surface area contributed by atoms with E-state index in [9.17, 15) is 9.59 Å². The number of benzene rings is 2. The number of aromatic nitrogens is 2. The average Bonchev–Trinajstić information content (AvgIpc) is 3.09. The van der Waals surface area contributed by atoms with E-state index < -0.39 is 0 Å². The predicted molar refractivity (Wildman–Crippen MR) is 125 cm³/mol. The highest BCUT2D eigenvalue weighted by atomic mass is 32.2. The van der Waals surface area contributed by atoms with Crippen molar-refractivity contribution in [1.82, 2.24) is 20.2 Å². The van der Waals surface area contributed by atoms with Crippen LogP contribution in [0.2, 0.25) is 0 Å². The molecule has 1 aliphatic rings. The molecule has 2 aromatic carbocycles. The Labute approximate surface area is 185 Å². The van der Waals surface area contributed by atoms with Gasteiger partial charge < -0.3 is 0 Å². The number of nitrogens with one attached hydrogen (secondary N) is 1. The van der Waals surface area contributed by atoms with Gasteiger partial charge in [0.05, 0.1) is 16.1 Å². The van der Waals surface area contributed by atoms with Gasteiger partial charge in [0.1, 0.15) is 6.33 Å². The Morgan fingerprint density at radius 2 is 1.97 bits per heavy atom. The third-order valence-electron chi connectivity index (χ3n) is 5.19. The minimum absolute atomic E-state index is 0.345. The van der Waals surface area contributed by atoms with Crippen molar-refractivity contribution in [3.05, 3.63) is 64.8 Å². The van der Waals surface area contributed by atoms with Gasteiger partial charge in [-0.25, -0.2) is 9.97 Å². The molecular weight excluding hydrogens is 408 g/mol. The molecule has 0 saturated carbocycles. The van der Waals surface area contributed by atoms with Crippen LogP contribution in [0.4, 0.5) is 4.79 Å². The molecule has 0 spiro atoms. The summed E-state index contributed by atoms with van der Waals surface area (Å²) in [5, 5.41) is 2.85. The van der Waals surface area contributed by atoms with E-state index in [1.54, 1.807) is 12.4 Å². The summed E-state index contributed by atoms with van der Waals surface area (Å²) in [7, 11) is 0. The van der Waals surface area contributed by atoms with Crippen LogP contribution >= 0.6 is 11.8 Å². The fourth-order valence-corrected chi connectivity index (χ4v) is 4.39. The number of carbonyl (C=O) groups is 2. The van der Waals surface area contributed by atoms with E-state index in [2.05, 4.69) is 58.3 Å². The number of nitrogens with zero attached hydrogens (tertiary/aromatic N) is 3. The first kappa shape index (κ1) is 21.2. The van der Waals surface area contributed by atoms with Gasteiger partial charge in [-0.1, -0.05) is 38.1 Å². The van der Waals surface area contributed by atoms with Crippen LogP contribution in [-0.4, -0.2) is 39.1 Å².